The van der Waals surface area contributed by atoms with Gasteiger partial charge in [-0.2, -0.15) is 13.1 Å². The van der Waals surface area contributed by atoms with Crippen LogP contribution >= 0.6 is 22.7 Å². The molecule has 2 aliphatic rings. The molecule has 4 heterocycles. The summed E-state index contributed by atoms with van der Waals surface area (Å²) in [5.74, 6) is -0.377. The van der Waals surface area contributed by atoms with E-state index in [-0.39, 0.29) is 17.9 Å². The minimum Gasteiger partial charge on any atom is -0.393 e. The fourth-order valence-electron chi connectivity index (χ4n) is 4.70. The molecular weight excluding hydrogens is 524 g/mol. The average molecular weight is 550 g/mol. The Hall–Kier alpha value is -2.26. The maximum absolute atomic E-state index is 13.5. The van der Waals surface area contributed by atoms with Gasteiger partial charge in [-0.15, -0.1) is 22.7 Å². The van der Waals surface area contributed by atoms with Crippen LogP contribution in [0.1, 0.15) is 55.1 Å². The lowest BCUT2D eigenvalue weighted by molar-refractivity contribution is 0.0727. The van der Waals surface area contributed by atoms with Crippen molar-refractivity contribution >= 4 is 44.6 Å². The Labute approximate surface area is 216 Å². The number of aliphatic hydroxyl groups is 1. The quantitative estimate of drug-likeness (QED) is 0.246. The van der Waals surface area contributed by atoms with Crippen LogP contribution in [-0.4, -0.2) is 52.6 Å². The number of carbonyl (C=O) groups is 1. The van der Waals surface area contributed by atoms with E-state index in [4.69, 9.17) is 9.29 Å². The third-order valence-electron chi connectivity index (χ3n) is 6.44. The Kier molecular flexibility index (Phi) is 7.23. The van der Waals surface area contributed by atoms with Crippen LogP contribution in [0.4, 0.5) is 5.82 Å². The zero-order chi connectivity index (χ0) is 25.4. The number of rotatable bonds is 8. The number of aromatic nitrogens is 2. The summed E-state index contributed by atoms with van der Waals surface area (Å²) < 4.78 is 38.8. The summed E-state index contributed by atoms with van der Waals surface area (Å²) in [5.41, 5.74) is 2.59. The molecule has 3 aromatic rings. The van der Waals surface area contributed by atoms with Crippen LogP contribution in [0.5, 0.6) is 0 Å². The number of hydrogen-bond donors (Lipinski definition) is 4. The summed E-state index contributed by atoms with van der Waals surface area (Å²) >= 11 is 3.07. The van der Waals surface area contributed by atoms with E-state index in [1.807, 2.05) is 17.7 Å². The highest BCUT2D eigenvalue weighted by atomic mass is 32.2. The summed E-state index contributed by atoms with van der Waals surface area (Å²) in [6, 6.07) is 3.76. The van der Waals surface area contributed by atoms with Gasteiger partial charge >= 0.3 is 10.3 Å². The van der Waals surface area contributed by atoms with E-state index in [1.54, 1.807) is 11.3 Å². The molecule has 1 radical (unpaired) electrons. The second kappa shape index (κ2) is 10.2. The van der Waals surface area contributed by atoms with Crippen LogP contribution in [0.15, 0.2) is 30.0 Å². The van der Waals surface area contributed by atoms with E-state index in [2.05, 4.69) is 26.7 Å². The van der Waals surface area contributed by atoms with Crippen LogP contribution < -0.4 is 10.0 Å². The summed E-state index contributed by atoms with van der Waals surface area (Å²) in [7, 11) is -4.39. The van der Waals surface area contributed by atoms with E-state index in [9.17, 15) is 18.3 Å². The molecule has 0 amide bonds. The monoisotopic (exact) mass is 549 g/mol. The molecule has 0 saturated heterocycles. The van der Waals surface area contributed by atoms with Crippen molar-refractivity contribution < 1.29 is 27.6 Å². The molecule has 1 fully saturated rings. The van der Waals surface area contributed by atoms with Crippen LogP contribution in [-0.2, 0) is 21.5 Å². The Morgan fingerprint density at radius 1 is 1.33 bits per heavy atom. The number of ketones is 1. The highest BCUT2D eigenvalue weighted by Crippen LogP contribution is 2.40. The van der Waals surface area contributed by atoms with Crippen LogP contribution in [0.25, 0.3) is 0 Å². The molecular formula is C23H25N4O6S3. The predicted octanol–water partition coefficient (Wildman–Crippen LogP) is 2.91. The Morgan fingerprint density at radius 3 is 2.97 bits per heavy atom. The number of aliphatic hydroxyl groups excluding tert-OH is 1. The van der Waals surface area contributed by atoms with Crippen molar-refractivity contribution in [2.45, 2.75) is 44.4 Å². The van der Waals surface area contributed by atoms with Crippen molar-refractivity contribution in [3.63, 3.8) is 0 Å². The summed E-state index contributed by atoms with van der Waals surface area (Å²) in [5, 5.41) is 15.6. The van der Waals surface area contributed by atoms with Gasteiger partial charge in [-0.05, 0) is 49.3 Å². The van der Waals surface area contributed by atoms with Crippen molar-refractivity contribution in [2.24, 2.45) is 5.92 Å². The highest BCUT2D eigenvalue weighted by Gasteiger charge is 2.35. The summed E-state index contributed by atoms with van der Waals surface area (Å²) in [6.45, 7) is 3.79. The first-order chi connectivity index (χ1) is 17.2. The van der Waals surface area contributed by atoms with Gasteiger partial charge in [0.15, 0.2) is 0 Å². The minimum atomic E-state index is -4.39. The third kappa shape index (κ3) is 5.37. The first-order valence-corrected chi connectivity index (χ1v) is 14.5. The molecule has 36 heavy (non-hydrogen) atoms. The van der Waals surface area contributed by atoms with Gasteiger partial charge in [0.05, 0.1) is 23.2 Å². The smallest absolute Gasteiger partial charge is 0.333 e. The standard InChI is InChI=1S/C23H25N4O6S3/c1-12-16(21-22-13(2-4-33-21)3-5-34-22)8-19(35-12)20(29)17-10-24-11-25-23(17)27-15-6-14(18(28)7-15)9-26-36(30,31)32/h3,5,8-11,14-15,18,21,26,28H,2,4,6-7H2,1H3,(H,24,25,27)(H,30,31,32)/t14-,15-,18+,21+/m1/s1. The average Bonchev–Trinajstić information content (AvgIpc) is 3.55. The molecule has 1 aliphatic heterocycles. The van der Waals surface area contributed by atoms with Gasteiger partial charge < -0.3 is 15.2 Å². The lowest BCUT2D eigenvalue weighted by Crippen LogP contribution is -2.27. The molecule has 0 aromatic carbocycles. The van der Waals surface area contributed by atoms with Crippen molar-refractivity contribution in [3.8, 4) is 0 Å². The van der Waals surface area contributed by atoms with Gasteiger partial charge in [0.2, 0.25) is 5.78 Å². The van der Waals surface area contributed by atoms with E-state index in [1.165, 1.54) is 34.3 Å². The lowest BCUT2D eigenvalue weighted by atomic mass is 10.0. The highest BCUT2D eigenvalue weighted by molar-refractivity contribution is 7.83. The number of ether oxygens (including phenoxy) is 1. The van der Waals surface area contributed by atoms with Crippen LogP contribution in [0.2, 0.25) is 0 Å². The Bertz CT molecular complexity index is 1370. The third-order valence-corrected chi connectivity index (χ3v) is 8.94. The van der Waals surface area contributed by atoms with Gasteiger partial charge in [0.1, 0.15) is 18.2 Å². The number of nitrogens with zero attached hydrogens (tertiary/aromatic N) is 2. The second-order valence-corrected chi connectivity index (χ2v) is 12.2. The molecule has 0 bridgehead atoms. The SMILES string of the molecule is Cc1sc(C(=O)c2cncnc2N[C@H]2C[C@H](O)[C@@H]([CH]NS(=O)(=O)O)C2)cc1[C@@H]1OCCc2ccsc21. The molecule has 1 aliphatic carbocycles. The first-order valence-electron chi connectivity index (χ1n) is 11.3. The number of carbonyl (C=O) groups excluding carboxylic acids is 1. The topological polar surface area (TPSA) is 151 Å². The lowest BCUT2D eigenvalue weighted by Gasteiger charge is -2.23. The molecule has 0 unspecified atom stereocenters. The molecule has 13 heteroatoms. The molecule has 5 rings (SSSR count). The van der Waals surface area contributed by atoms with Gasteiger partial charge in [0, 0.05) is 40.0 Å². The van der Waals surface area contributed by atoms with E-state index >= 15 is 0 Å². The van der Waals surface area contributed by atoms with Crippen molar-refractivity contribution in [1.82, 2.24) is 14.7 Å². The fourth-order valence-corrected chi connectivity index (χ4v) is 7.07. The molecule has 4 atom stereocenters. The molecule has 1 saturated carbocycles. The number of aryl methyl sites for hydroxylation is 1. The predicted molar refractivity (Wildman–Crippen MR) is 135 cm³/mol. The largest absolute Gasteiger partial charge is 0.393 e. The zero-order valence-corrected chi connectivity index (χ0v) is 21.7. The van der Waals surface area contributed by atoms with Crippen LogP contribution in [0, 0.1) is 19.4 Å². The van der Waals surface area contributed by atoms with Gasteiger partial charge in [0.25, 0.3) is 0 Å². The Morgan fingerprint density at radius 2 is 2.17 bits per heavy atom. The number of thiophene rings is 2. The summed E-state index contributed by atoms with van der Waals surface area (Å²) in [6.07, 6.45) is 3.39. The van der Waals surface area contributed by atoms with Crippen molar-refractivity contribution in [1.29, 1.82) is 0 Å². The molecule has 3 aromatic heterocycles. The maximum atomic E-state index is 13.5. The van der Waals surface area contributed by atoms with Gasteiger partial charge in [-0.25, -0.2) is 9.97 Å². The van der Waals surface area contributed by atoms with E-state index in [0.717, 1.165) is 23.4 Å². The minimum absolute atomic E-state index is 0.180. The number of anilines is 1. The Balaban J connectivity index is 1.33. The number of nitrogens with one attached hydrogen (secondary N) is 2. The molecule has 4 N–H and O–H groups in total. The zero-order valence-electron chi connectivity index (χ0n) is 19.2. The number of hydrogen-bond acceptors (Lipinski definition) is 10. The van der Waals surface area contributed by atoms with Crippen LogP contribution in [0.3, 0.4) is 0 Å². The first kappa shape index (κ1) is 25.4. The number of fused-ring (bicyclic) bond motifs is 1. The maximum Gasteiger partial charge on any atom is 0.333 e. The van der Waals surface area contributed by atoms with Crippen molar-refractivity contribution in [2.75, 3.05) is 11.9 Å². The fraction of sp³-hybridized carbons (Fsp3) is 0.391. The van der Waals surface area contributed by atoms with E-state index in [0.29, 0.717) is 35.7 Å². The molecule has 10 nitrogen and oxygen atoms in total. The normalized spacial score (nSPS) is 24.0. The van der Waals surface area contributed by atoms with E-state index < -0.39 is 22.3 Å². The van der Waals surface area contributed by atoms with Gasteiger partial charge in [-0.3, -0.25) is 9.35 Å². The van der Waals surface area contributed by atoms with Gasteiger partial charge in [-0.1, -0.05) is 0 Å². The summed E-state index contributed by atoms with van der Waals surface area (Å²) in [4.78, 5) is 24.6. The molecule has 0 spiro atoms. The molecule has 191 valence electrons. The second-order valence-electron chi connectivity index (χ2n) is 8.85. The van der Waals surface area contributed by atoms with Crippen molar-refractivity contribution in [3.05, 3.63) is 67.9 Å².